The van der Waals surface area contributed by atoms with Gasteiger partial charge in [-0.05, 0) is 43.1 Å². The third-order valence-electron chi connectivity index (χ3n) is 4.05. The van der Waals surface area contributed by atoms with Crippen molar-refractivity contribution in [3.8, 4) is 0 Å². The molecular weight excluding hydrogens is 260 g/mol. The highest BCUT2D eigenvalue weighted by atomic mass is 32.2. The number of aliphatic hydroxyl groups excluding tert-OH is 1. The molecule has 0 radical (unpaired) electrons. The molecule has 0 amide bonds. The molecule has 1 heterocycles. The van der Waals surface area contributed by atoms with Crippen molar-refractivity contribution in [3.63, 3.8) is 0 Å². The van der Waals surface area contributed by atoms with Crippen LogP contribution in [0.15, 0.2) is 30.3 Å². The van der Waals surface area contributed by atoms with Crippen LogP contribution >= 0.6 is 0 Å². The molecule has 1 aromatic rings. The second kappa shape index (κ2) is 6.53. The fourth-order valence-electron chi connectivity index (χ4n) is 2.88. The number of benzene rings is 1. The van der Waals surface area contributed by atoms with Crippen molar-refractivity contribution < 1.29 is 13.5 Å². The Morgan fingerprint density at radius 1 is 1.26 bits per heavy atom. The Labute approximate surface area is 115 Å². The van der Waals surface area contributed by atoms with E-state index in [1.54, 1.807) is 0 Å². The van der Waals surface area contributed by atoms with Gasteiger partial charge in [-0.15, -0.1) is 0 Å². The van der Waals surface area contributed by atoms with E-state index in [0.29, 0.717) is 5.75 Å². The zero-order valence-electron chi connectivity index (χ0n) is 11.2. The van der Waals surface area contributed by atoms with E-state index >= 15 is 0 Å². The first-order chi connectivity index (χ1) is 9.11. The highest BCUT2D eigenvalue weighted by molar-refractivity contribution is 7.91. The van der Waals surface area contributed by atoms with Gasteiger partial charge in [-0.3, -0.25) is 0 Å². The first-order valence-electron chi connectivity index (χ1n) is 6.96. The summed E-state index contributed by atoms with van der Waals surface area (Å²) in [5, 5.41) is 9.46. The lowest BCUT2D eigenvalue weighted by Crippen LogP contribution is -2.20. The first-order valence-corrected chi connectivity index (χ1v) is 8.78. The largest absolute Gasteiger partial charge is 0.396 e. The zero-order valence-corrected chi connectivity index (χ0v) is 12.0. The lowest BCUT2D eigenvalue weighted by atomic mass is 9.87. The van der Waals surface area contributed by atoms with Crippen molar-refractivity contribution in [3.05, 3.63) is 35.9 Å². The smallest absolute Gasteiger partial charge is 0.150 e. The van der Waals surface area contributed by atoms with Crippen LogP contribution in [-0.2, 0) is 16.3 Å². The van der Waals surface area contributed by atoms with Gasteiger partial charge < -0.3 is 5.11 Å². The summed E-state index contributed by atoms with van der Waals surface area (Å²) in [7, 11) is -2.84. The summed E-state index contributed by atoms with van der Waals surface area (Å²) in [6.07, 6.45) is 3.63. The van der Waals surface area contributed by atoms with Crippen LogP contribution in [-0.4, -0.2) is 31.6 Å². The monoisotopic (exact) mass is 282 g/mol. The molecule has 0 spiro atoms. The number of hydrogen-bond donors (Lipinski definition) is 1. The van der Waals surface area contributed by atoms with E-state index < -0.39 is 9.84 Å². The van der Waals surface area contributed by atoms with Crippen LogP contribution in [0.25, 0.3) is 0 Å². The molecule has 4 heteroatoms. The Hall–Kier alpha value is -0.870. The Bertz CT molecular complexity index is 481. The normalized spacial score (nSPS) is 23.3. The molecular formula is C15H22O3S. The summed E-state index contributed by atoms with van der Waals surface area (Å²) in [6, 6.07) is 10.3. The van der Waals surface area contributed by atoms with Crippen molar-refractivity contribution in [1.82, 2.24) is 0 Å². The van der Waals surface area contributed by atoms with E-state index in [0.717, 1.165) is 25.7 Å². The van der Waals surface area contributed by atoms with Crippen molar-refractivity contribution >= 4 is 9.84 Å². The second-order valence-electron chi connectivity index (χ2n) is 5.48. The van der Waals surface area contributed by atoms with Gasteiger partial charge in [0.2, 0.25) is 0 Å². The van der Waals surface area contributed by atoms with E-state index in [2.05, 4.69) is 12.1 Å². The molecule has 3 nitrogen and oxygen atoms in total. The Kier molecular flexibility index (Phi) is 4.99. The third kappa shape index (κ3) is 4.32. The van der Waals surface area contributed by atoms with E-state index in [1.807, 2.05) is 18.2 Å². The number of aryl methyl sites for hydroxylation is 1. The Balaban J connectivity index is 1.80. The summed E-state index contributed by atoms with van der Waals surface area (Å²) in [5.41, 5.74) is 1.30. The minimum Gasteiger partial charge on any atom is -0.396 e. The molecule has 1 fully saturated rings. The molecule has 2 unspecified atom stereocenters. The first kappa shape index (κ1) is 14.5. The predicted molar refractivity (Wildman–Crippen MR) is 76.7 cm³/mol. The quantitative estimate of drug-likeness (QED) is 0.869. The summed E-state index contributed by atoms with van der Waals surface area (Å²) in [5.74, 6) is 0.864. The molecule has 0 saturated carbocycles. The van der Waals surface area contributed by atoms with Crippen molar-refractivity contribution in [1.29, 1.82) is 0 Å². The maximum absolute atomic E-state index is 11.5. The minimum absolute atomic E-state index is 0.106. The third-order valence-corrected chi connectivity index (χ3v) is 5.85. The molecule has 1 aliphatic rings. The van der Waals surface area contributed by atoms with Crippen LogP contribution in [0.4, 0.5) is 0 Å². The lowest BCUT2D eigenvalue weighted by molar-refractivity contribution is 0.174. The molecule has 106 valence electrons. The lowest BCUT2D eigenvalue weighted by Gasteiger charge is -2.20. The van der Waals surface area contributed by atoms with Crippen molar-refractivity contribution in [2.75, 3.05) is 18.1 Å². The topological polar surface area (TPSA) is 54.4 Å². The molecule has 1 aromatic carbocycles. The van der Waals surface area contributed by atoms with Gasteiger partial charge in [0, 0.05) is 6.61 Å². The molecule has 1 aliphatic heterocycles. The van der Waals surface area contributed by atoms with Gasteiger partial charge in [0.1, 0.15) is 0 Å². The van der Waals surface area contributed by atoms with Crippen molar-refractivity contribution in [2.45, 2.75) is 25.7 Å². The van der Waals surface area contributed by atoms with E-state index in [-0.39, 0.29) is 24.2 Å². The molecule has 19 heavy (non-hydrogen) atoms. The second-order valence-corrected chi connectivity index (χ2v) is 7.71. The molecule has 1 N–H and O–H groups in total. The van der Waals surface area contributed by atoms with Crippen LogP contribution in [0.2, 0.25) is 0 Å². The Morgan fingerprint density at radius 3 is 2.58 bits per heavy atom. The summed E-state index contributed by atoms with van der Waals surface area (Å²) in [6.45, 7) is 0.106. The fourth-order valence-corrected chi connectivity index (χ4v) is 4.80. The molecule has 1 saturated heterocycles. The van der Waals surface area contributed by atoms with Crippen LogP contribution in [0, 0.1) is 11.8 Å². The van der Waals surface area contributed by atoms with E-state index in [4.69, 9.17) is 0 Å². The van der Waals surface area contributed by atoms with Crippen molar-refractivity contribution in [2.24, 2.45) is 11.8 Å². The van der Waals surface area contributed by atoms with Gasteiger partial charge in [0.25, 0.3) is 0 Å². The summed E-state index contributed by atoms with van der Waals surface area (Å²) in [4.78, 5) is 0. The minimum atomic E-state index is -2.84. The Morgan fingerprint density at radius 2 is 2.00 bits per heavy atom. The van der Waals surface area contributed by atoms with Crippen LogP contribution < -0.4 is 0 Å². The van der Waals surface area contributed by atoms with Crippen LogP contribution in [0.5, 0.6) is 0 Å². The molecule has 0 aliphatic carbocycles. The average Bonchev–Trinajstić information content (AvgIpc) is 2.76. The maximum atomic E-state index is 11.5. The summed E-state index contributed by atoms with van der Waals surface area (Å²) >= 11 is 0. The van der Waals surface area contributed by atoms with E-state index in [1.165, 1.54) is 5.56 Å². The average molecular weight is 282 g/mol. The molecule has 2 atom stereocenters. The molecule has 0 aromatic heterocycles. The fraction of sp³-hybridized carbons (Fsp3) is 0.600. The maximum Gasteiger partial charge on any atom is 0.150 e. The highest BCUT2D eigenvalue weighted by Crippen LogP contribution is 2.29. The van der Waals surface area contributed by atoms with Gasteiger partial charge in [-0.25, -0.2) is 8.42 Å². The number of sulfone groups is 1. The van der Waals surface area contributed by atoms with Gasteiger partial charge >= 0.3 is 0 Å². The highest BCUT2D eigenvalue weighted by Gasteiger charge is 2.32. The standard InChI is InChI=1S/C15H22O3S/c16-11-14(15-9-10-19(17,18)12-15)8-4-7-13-5-2-1-3-6-13/h1-3,5-6,14-16H,4,7-12H2. The van der Waals surface area contributed by atoms with Crippen LogP contribution in [0.1, 0.15) is 24.8 Å². The number of aliphatic hydroxyl groups is 1. The molecule has 0 bridgehead atoms. The van der Waals surface area contributed by atoms with E-state index in [9.17, 15) is 13.5 Å². The summed E-state index contributed by atoms with van der Waals surface area (Å²) < 4.78 is 22.9. The van der Waals surface area contributed by atoms with Gasteiger partial charge in [-0.1, -0.05) is 30.3 Å². The van der Waals surface area contributed by atoms with Gasteiger partial charge in [0.15, 0.2) is 9.84 Å². The van der Waals surface area contributed by atoms with Gasteiger partial charge in [0.05, 0.1) is 11.5 Å². The SMILES string of the molecule is O=S1(=O)CCC(C(CO)CCCc2ccccc2)C1. The zero-order chi connectivity index (χ0) is 13.7. The predicted octanol–water partition coefficient (Wildman–Crippen LogP) is 2.05. The van der Waals surface area contributed by atoms with Gasteiger partial charge in [-0.2, -0.15) is 0 Å². The number of rotatable bonds is 6. The van der Waals surface area contributed by atoms with Crippen LogP contribution in [0.3, 0.4) is 0 Å². The molecule has 2 rings (SSSR count). The number of hydrogen-bond acceptors (Lipinski definition) is 3.